The van der Waals surface area contributed by atoms with E-state index in [-0.39, 0.29) is 22.4 Å². The third-order valence-corrected chi connectivity index (χ3v) is 8.76. The highest BCUT2D eigenvalue weighted by Gasteiger charge is 2.49. The molecule has 0 bridgehead atoms. The van der Waals surface area contributed by atoms with E-state index in [2.05, 4.69) is 9.62 Å². The zero-order chi connectivity index (χ0) is 20.7. The normalized spacial score (nSPS) is 23.2. The lowest BCUT2D eigenvalue weighted by Gasteiger charge is -2.23. The molecule has 1 aromatic rings. The van der Waals surface area contributed by atoms with Gasteiger partial charge in [-0.15, -0.1) is 0 Å². The molecule has 0 aliphatic carbocycles. The van der Waals surface area contributed by atoms with Crippen molar-refractivity contribution in [2.24, 2.45) is 5.41 Å². The van der Waals surface area contributed by atoms with E-state index >= 15 is 0 Å². The molecule has 8 nitrogen and oxygen atoms in total. The highest BCUT2D eigenvalue weighted by atomic mass is 32.2. The Morgan fingerprint density at radius 1 is 1.14 bits per heavy atom. The molecule has 0 radical (unpaired) electrons. The Bertz CT molecular complexity index is 949. The second kappa shape index (κ2) is 7.40. The van der Waals surface area contributed by atoms with Crippen molar-refractivity contribution >= 4 is 31.6 Å². The maximum atomic E-state index is 12.6. The molecule has 28 heavy (non-hydrogen) atoms. The topological polar surface area (TPSA) is 104 Å². The monoisotopic (exact) mass is 429 g/mol. The number of benzene rings is 1. The summed E-state index contributed by atoms with van der Waals surface area (Å²) in [7, 11) is -7.48. The fraction of sp³-hybridized carbons (Fsp3) is 0.611. The largest absolute Gasteiger partial charge is 0.299 e. The molecule has 1 amide bonds. The molecule has 2 aliphatic heterocycles. The van der Waals surface area contributed by atoms with E-state index < -0.39 is 31.4 Å². The quantitative estimate of drug-likeness (QED) is 0.728. The number of anilines is 1. The second-order valence-corrected chi connectivity index (χ2v) is 11.7. The van der Waals surface area contributed by atoms with Crippen LogP contribution in [0.3, 0.4) is 0 Å². The minimum atomic E-state index is -3.76. The predicted molar refractivity (Wildman–Crippen MR) is 107 cm³/mol. The van der Waals surface area contributed by atoms with Gasteiger partial charge in [-0.3, -0.25) is 9.69 Å². The summed E-state index contributed by atoms with van der Waals surface area (Å²) in [5.41, 5.74) is -0.850. The molecule has 2 fully saturated rings. The molecular weight excluding hydrogens is 402 g/mol. The first-order valence-electron chi connectivity index (χ1n) is 9.35. The standard InChI is InChI=1S/C18H27N3O5S2/c1-14(20-10-4-5-11-20)12-19-28(25,26)16-8-6-15(7-9-16)21-17(22)18(2,3)13-27(21,23)24/h6-9,14,19H,4-5,10-13H2,1-3H3/t14-/m1/s1. The first kappa shape index (κ1) is 21.2. The van der Waals surface area contributed by atoms with Crippen LogP contribution in [0.15, 0.2) is 29.2 Å². The van der Waals surface area contributed by atoms with Gasteiger partial charge in [-0.05, 0) is 71.0 Å². The SMILES string of the molecule is C[C@H](CNS(=O)(=O)c1ccc(N2C(=O)C(C)(C)CS2(=O)=O)cc1)N1CCCC1. The van der Waals surface area contributed by atoms with Crippen LogP contribution in [0.2, 0.25) is 0 Å². The van der Waals surface area contributed by atoms with E-state index in [4.69, 9.17) is 0 Å². The molecular formula is C18H27N3O5S2. The predicted octanol–water partition coefficient (Wildman–Crippen LogP) is 1.15. The molecule has 3 rings (SSSR count). The Kier molecular flexibility index (Phi) is 5.61. The van der Waals surface area contributed by atoms with Gasteiger partial charge < -0.3 is 0 Å². The van der Waals surface area contributed by atoms with Gasteiger partial charge in [0, 0.05) is 12.6 Å². The summed E-state index contributed by atoms with van der Waals surface area (Å²) in [6.45, 7) is 7.41. The van der Waals surface area contributed by atoms with Gasteiger partial charge in [0.05, 0.1) is 21.8 Å². The Hall–Kier alpha value is -1.49. The number of hydrogen-bond acceptors (Lipinski definition) is 6. The number of nitrogens with one attached hydrogen (secondary N) is 1. The van der Waals surface area contributed by atoms with Crippen LogP contribution in [0.5, 0.6) is 0 Å². The van der Waals surface area contributed by atoms with E-state index in [0.29, 0.717) is 6.54 Å². The molecule has 0 unspecified atom stereocenters. The van der Waals surface area contributed by atoms with Crippen LogP contribution in [-0.2, 0) is 24.8 Å². The summed E-state index contributed by atoms with van der Waals surface area (Å²) < 4.78 is 53.2. The molecule has 0 saturated carbocycles. The van der Waals surface area contributed by atoms with Crippen LogP contribution in [-0.4, -0.2) is 59.1 Å². The lowest BCUT2D eigenvalue weighted by atomic mass is 9.95. The minimum Gasteiger partial charge on any atom is -0.299 e. The number of carbonyl (C=O) groups excluding carboxylic acids is 1. The molecule has 1 aromatic carbocycles. The van der Waals surface area contributed by atoms with Crippen molar-refractivity contribution in [1.82, 2.24) is 9.62 Å². The molecule has 0 spiro atoms. The summed E-state index contributed by atoms with van der Waals surface area (Å²) in [6, 6.07) is 5.47. The number of nitrogens with zero attached hydrogens (tertiary/aromatic N) is 2. The van der Waals surface area contributed by atoms with Gasteiger partial charge in [0.1, 0.15) is 0 Å². The summed E-state index contributed by atoms with van der Waals surface area (Å²) in [5.74, 6) is -0.782. The number of sulfonamides is 2. The van der Waals surface area contributed by atoms with Crippen molar-refractivity contribution in [1.29, 1.82) is 0 Å². The third-order valence-electron chi connectivity index (χ3n) is 5.30. The third kappa shape index (κ3) is 4.10. The highest BCUT2D eigenvalue weighted by molar-refractivity contribution is 7.94. The van der Waals surface area contributed by atoms with E-state index in [1.165, 1.54) is 24.3 Å². The molecule has 0 aromatic heterocycles. The number of amides is 1. The van der Waals surface area contributed by atoms with E-state index in [1.54, 1.807) is 13.8 Å². The first-order valence-corrected chi connectivity index (χ1v) is 12.4. The Balaban J connectivity index is 1.74. The smallest absolute Gasteiger partial charge is 0.247 e. The van der Waals surface area contributed by atoms with Crippen LogP contribution in [0.25, 0.3) is 0 Å². The van der Waals surface area contributed by atoms with Gasteiger partial charge in [0.2, 0.25) is 26.0 Å². The summed E-state index contributed by atoms with van der Waals surface area (Å²) in [5, 5.41) is 0. The van der Waals surface area contributed by atoms with Crippen molar-refractivity contribution in [3.05, 3.63) is 24.3 Å². The fourth-order valence-electron chi connectivity index (χ4n) is 3.65. The molecule has 2 heterocycles. The van der Waals surface area contributed by atoms with E-state index in [1.807, 2.05) is 6.92 Å². The maximum absolute atomic E-state index is 12.6. The van der Waals surface area contributed by atoms with Gasteiger partial charge >= 0.3 is 0 Å². The van der Waals surface area contributed by atoms with Crippen LogP contribution >= 0.6 is 0 Å². The lowest BCUT2D eigenvalue weighted by molar-refractivity contribution is -0.123. The van der Waals surface area contributed by atoms with Gasteiger partial charge in [0.15, 0.2) is 0 Å². The van der Waals surface area contributed by atoms with Crippen molar-refractivity contribution < 1.29 is 21.6 Å². The van der Waals surface area contributed by atoms with Crippen molar-refractivity contribution in [2.45, 2.75) is 44.6 Å². The number of rotatable bonds is 6. The zero-order valence-corrected chi connectivity index (χ0v) is 18.0. The Morgan fingerprint density at radius 2 is 1.71 bits per heavy atom. The Labute approximate surface area is 167 Å². The van der Waals surface area contributed by atoms with Crippen LogP contribution in [0.1, 0.15) is 33.6 Å². The van der Waals surface area contributed by atoms with Crippen LogP contribution in [0.4, 0.5) is 5.69 Å². The van der Waals surface area contributed by atoms with Crippen molar-refractivity contribution in [3.8, 4) is 0 Å². The number of carbonyl (C=O) groups is 1. The molecule has 2 saturated heterocycles. The number of likely N-dealkylation sites (tertiary alicyclic amines) is 1. The van der Waals surface area contributed by atoms with E-state index in [0.717, 1.165) is 30.2 Å². The van der Waals surface area contributed by atoms with Crippen LogP contribution in [0, 0.1) is 5.41 Å². The van der Waals surface area contributed by atoms with Gasteiger partial charge in [0.25, 0.3) is 0 Å². The van der Waals surface area contributed by atoms with Crippen LogP contribution < -0.4 is 9.03 Å². The zero-order valence-electron chi connectivity index (χ0n) is 16.4. The maximum Gasteiger partial charge on any atom is 0.247 e. The summed E-state index contributed by atoms with van der Waals surface area (Å²) in [6.07, 6.45) is 2.26. The molecule has 2 aliphatic rings. The fourth-order valence-corrected chi connectivity index (χ4v) is 6.88. The molecule has 10 heteroatoms. The minimum absolute atomic E-state index is 0.0353. The average molecular weight is 430 g/mol. The van der Waals surface area contributed by atoms with Gasteiger partial charge in [-0.2, -0.15) is 0 Å². The average Bonchev–Trinajstić information content (AvgIpc) is 3.18. The molecule has 1 atom stereocenters. The van der Waals surface area contributed by atoms with Gasteiger partial charge in [-0.25, -0.2) is 25.9 Å². The van der Waals surface area contributed by atoms with Gasteiger partial charge in [-0.1, -0.05) is 0 Å². The van der Waals surface area contributed by atoms with E-state index in [9.17, 15) is 21.6 Å². The van der Waals surface area contributed by atoms with Crippen molar-refractivity contribution in [3.63, 3.8) is 0 Å². The number of hydrogen-bond donors (Lipinski definition) is 1. The molecule has 1 N–H and O–H groups in total. The highest BCUT2D eigenvalue weighted by Crippen LogP contribution is 2.35. The Morgan fingerprint density at radius 3 is 2.21 bits per heavy atom. The summed E-state index contributed by atoms with van der Waals surface area (Å²) in [4.78, 5) is 14.7. The second-order valence-electron chi connectivity index (χ2n) is 8.15. The molecule has 156 valence electrons. The lowest BCUT2D eigenvalue weighted by Crippen LogP contribution is -2.40. The summed E-state index contributed by atoms with van der Waals surface area (Å²) >= 11 is 0. The van der Waals surface area contributed by atoms with Crippen molar-refractivity contribution in [2.75, 3.05) is 29.7 Å². The first-order chi connectivity index (χ1) is 12.9.